The highest BCUT2D eigenvalue weighted by Crippen LogP contribution is 2.40. The Morgan fingerprint density at radius 2 is 1.97 bits per heavy atom. The van der Waals surface area contributed by atoms with Crippen LogP contribution in [0, 0.1) is 12.7 Å². The van der Waals surface area contributed by atoms with Crippen molar-refractivity contribution in [1.29, 1.82) is 0 Å². The molecular weight excluding hydrogens is 423 g/mol. The Morgan fingerprint density at radius 3 is 2.61 bits per heavy atom. The number of benzene rings is 2. The summed E-state index contributed by atoms with van der Waals surface area (Å²) in [7, 11) is 3.09. The van der Waals surface area contributed by atoms with Gasteiger partial charge in [-0.1, -0.05) is 17.7 Å². The maximum atomic E-state index is 14.5. The molecule has 1 aliphatic rings. The van der Waals surface area contributed by atoms with Gasteiger partial charge in [-0.15, -0.1) is 0 Å². The van der Waals surface area contributed by atoms with E-state index < -0.39 is 29.6 Å². The van der Waals surface area contributed by atoms with Crippen molar-refractivity contribution in [2.75, 3.05) is 12.4 Å². The topological polar surface area (TPSA) is 85.2 Å². The molecule has 0 saturated heterocycles. The van der Waals surface area contributed by atoms with Gasteiger partial charge >= 0.3 is 0 Å². The third kappa shape index (κ3) is 3.74. The van der Waals surface area contributed by atoms with Gasteiger partial charge in [-0.3, -0.25) is 14.3 Å². The maximum Gasteiger partial charge on any atom is 0.251 e. The second kappa shape index (κ2) is 8.03. The molecule has 31 heavy (non-hydrogen) atoms. The van der Waals surface area contributed by atoms with Crippen molar-refractivity contribution >= 4 is 29.2 Å². The smallest absolute Gasteiger partial charge is 0.251 e. The lowest BCUT2D eigenvalue weighted by atomic mass is 9.81. The summed E-state index contributed by atoms with van der Waals surface area (Å²) in [4.78, 5) is 25.9. The molecule has 9 heteroatoms. The molecule has 4 rings (SSSR count). The SMILES string of the molecule is COc1ccc([C@@H]2c3c(C)nn(C)c3NC(=O)[C@@H]2NC(=O)c2ccc(Cl)cc2)cc1F. The van der Waals surface area contributed by atoms with Crippen LogP contribution in [0.4, 0.5) is 10.2 Å². The van der Waals surface area contributed by atoms with E-state index in [0.717, 1.165) is 0 Å². The highest BCUT2D eigenvalue weighted by Gasteiger charge is 2.41. The lowest BCUT2D eigenvalue weighted by Crippen LogP contribution is -2.50. The molecule has 160 valence electrons. The number of methoxy groups -OCH3 is 1. The van der Waals surface area contributed by atoms with Crippen LogP contribution in [0.2, 0.25) is 5.02 Å². The van der Waals surface area contributed by atoms with Gasteiger partial charge in [0.2, 0.25) is 5.91 Å². The fraction of sp³-hybridized carbons (Fsp3) is 0.227. The summed E-state index contributed by atoms with van der Waals surface area (Å²) in [6, 6.07) is 9.85. The molecule has 2 N–H and O–H groups in total. The molecule has 0 fully saturated rings. The summed E-state index contributed by atoms with van der Waals surface area (Å²) in [6.45, 7) is 1.81. The van der Waals surface area contributed by atoms with Crippen molar-refractivity contribution < 1.29 is 18.7 Å². The Hall–Kier alpha value is -3.39. The highest BCUT2D eigenvalue weighted by atomic mass is 35.5. The minimum Gasteiger partial charge on any atom is -0.494 e. The van der Waals surface area contributed by atoms with Crippen molar-refractivity contribution in [1.82, 2.24) is 15.1 Å². The largest absolute Gasteiger partial charge is 0.494 e. The second-order valence-electron chi connectivity index (χ2n) is 7.29. The molecule has 1 aromatic heterocycles. The Morgan fingerprint density at radius 1 is 1.26 bits per heavy atom. The van der Waals surface area contributed by atoms with Gasteiger partial charge in [0, 0.05) is 29.1 Å². The lowest BCUT2D eigenvalue weighted by Gasteiger charge is -2.32. The van der Waals surface area contributed by atoms with Crippen molar-refractivity contribution in [3.63, 3.8) is 0 Å². The molecule has 0 aliphatic carbocycles. The van der Waals surface area contributed by atoms with Crippen LogP contribution in [-0.4, -0.2) is 34.7 Å². The van der Waals surface area contributed by atoms with Crippen LogP contribution in [0.15, 0.2) is 42.5 Å². The molecule has 0 unspecified atom stereocenters. The number of ether oxygens (including phenoxy) is 1. The van der Waals surface area contributed by atoms with Crippen molar-refractivity contribution in [3.05, 3.63) is 75.7 Å². The number of amides is 2. The standard InChI is InChI=1S/C22H20ClFN4O3/c1-11-17-18(13-6-9-16(31-3)15(24)10-13)19(22(30)26-20(17)28(2)27-11)25-21(29)12-4-7-14(23)8-5-12/h4-10,18-19H,1-3H3,(H,25,29)(H,26,30)/t18-,19-/m1/s1. The quantitative estimate of drug-likeness (QED) is 0.648. The van der Waals surface area contributed by atoms with E-state index in [-0.39, 0.29) is 5.75 Å². The van der Waals surface area contributed by atoms with Crippen LogP contribution in [0.1, 0.15) is 33.1 Å². The minimum atomic E-state index is -0.980. The summed E-state index contributed by atoms with van der Waals surface area (Å²) in [5.74, 6) is -1.46. The van der Waals surface area contributed by atoms with E-state index in [9.17, 15) is 14.0 Å². The number of nitrogens with one attached hydrogen (secondary N) is 2. The van der Waals surface area contributed by atoms with Crippen LogP contribution in [0.5, 0.6) is 5.75 Å². The predicted molar refractivity (Wildman–Crippen MR) is 114 cm³/mol. The molecule has 7 nitrogen and oxygen atoms in total. The average molecular weight is 443 g/mol. The number of rotatable bonds is 4. The van der Waals surface area contributed by atoms with Gasteiger partial charge in [0.25, 0.3) is 5.91 Å². The molecule has 0 bridgehead atoms. The molecule has 1 aliphatic heterocycles. The van der Waals surface area contributed by atoms with Crippen molar-refractivity contribution in [2.24, 2.45) is 7.05 Å². The second-order valence-corrected chi connectivity index (χ2v) is 7.73. The molecule has 2 aromatic carbocycles. The third-order valence-corrected chi connectivity index (χ3v) is 5.62. The molecule has 2 atom stereocenters. The van der Waals surface area contributed by atoms with Crippen LogP contribution >= 0.6 is 11.6 Å². The predicted octanol–water partition coefficient (Wildman–Crippen LogP) is 3.41. The van der Waals surface area contributed by atoms with Gasteiger partial charge in [0.05, 0.1) is 12.8 Å². The van der Waals surface area contributed by atoms with E-state index >= 15 is 0 Å². The fourth-order valence-corrected chi connectivity index (χ4v) is 4.04. The molecule has 2 amide bonds. The van der Waals surface area contributed by atoms with E-state index in [1.165, 1.54) is 19.2 Å². The van der Waals surface area contributed by atoms with Gasteiger partial charge in [0.1, 0.15) is 11.9 Å². The molecule has 0 saturated carbocycles. The summed E-state index contributed by atoms with van der Waals surface area (Å²) >= 11 is 5.90. The summed E-state index contributed by atoms with van der Waals surface area (Å²) in [5.41, 5.74) is 2.26. The van der Waals surface area contributed by atoms with E-state index in [4.69, 9.17) is 16.3 Å². The number of nitrogens with zero attached hydrogens (tertiary/aromatic N) is 2. The Labute approximate surface area is 183 Å². The van der Waals surface area contributed by atoms with Gasteiger partial charge in [-0.25, -0.2) is 4.39 Å². The van der Waals surface area contributed by atoms with Gasteiger partial charge in [-0.2, -0.15) is 5.10 Å². The Bertz CT molecular complexity index is 1180. The summed E-state index contributed by atoms with van der Waals surface area (Å²) in [5, 5.41) is 10.5. The third-order valence-electron chi connectivity index (χ3n) is 5.36. The van der Waals surface area contributed by atoms with E-state index in [0.29, 0.717) is 33.2 Å². The van der Waals surface area contributed by atoms with Crippen LogP contribution < -0.4 is 15.4 Å². The molecule has 3 aromatic rings. The summed E-state index contributed by atoms with van der Waals surface area (Å²) in [6.07, 6.45) is 0. The fourth-order valence-electron chi connectivity index (χ4n) is 3.92. The zero-order chi connectivity index (χ0) is 22.3. The number of hydrogen-bond donors (Lipinski definition) is 2. The first kappa shape index (κ1) is 20.9. The summed E-state index contributed by atoms with van der Waals surface area (Å²) < 4.78 is 21.1. The van der Waals surface area contributed by atoms with Crippen LogP contribution in [0.3, 0.4) is 0 Å². The number of aromatic nitrogens is 2. The first-order valence-electron chi connectivity index (χ1n) is 9.54. The molecule has 0 spiro atoms. The van der Waals surface area contributed by atoms with Gasteiger partial charge in [0.15, 0.2) is 11.6 Å². The zero-order valence-electron chi connectivity index (χ0n) is 17.1. The van der Waals surface area contributed by atoms with Crippen LogP contribution in [0.25, 0.3) is 0 Å². The van der Waals surface area contributed by atoms with Gasteiger partial charge in [-0.05, 0) is 48.9 Å². The lowest BCUT2D eigenvalue weighted by molar-refractivity contribution is -0.118. The number of anilines is 1. The van der Waals surface area contributed by atoms with Crippen molar-refractivity contribution in [2.45, 2.75) is 18.9 Å². The first-order chi connectivity index (χ1) is 14.8. The van der Waals surface area contributed by atoms with E-state index in [1.807, 2.05) is 0 Å². The average Bonchev–Trinajstić information content (AvgIpc) is 3.02. The Balaban J connectivity index is 1.79. The van der Waals surface area contributed by atoms with Crippen LogP contribution in [-0.2, 0) is 11.8 Å². The minimum absolute atomic E-state index is 0.0916. The highest BCUT2D eigenvalue weighted by molar-refractivity contribution is 6.30. The van der Waals surface area contributed by atoms with E-state index in [2.05, 4.69) is 15.7 Å². The first-order valence-corrected chi connectivity index (χ1v) is 9.92. The monoisotopic (exact) mass is 442 g/mol. The number of carbonyl (C=O) groups is 2. The van der Waals surface area contributed by atoms with Crippen molar-refractivity contribution in [3.8, 4) is 5.75 Å². The number of halogens is 2. The molecule has 2 heterocycles. The number of hydrogen-bond acceptors (Lipinski definition) is 4. The zero-order valence-corrected chi connectivity index (χ0v) is 17.8. The number of aryl methyl sites for hydroxylation is 2. The normalized spacial score (nSPS) is 17.6. The van der Waals surface area contributed by atoms with E-state index in [1.54, 1.807) is 49.0 Å². The number of carbonyl (C=O) groups excluding carboxylic acids is 2. The Kier molecular flexibility index (Phi) is 5.41. The molecule has 0 radical (unpaired) electrons. The molecular formula is C22H20ClFN4O3. The van der Waals surface area contributed by atoms with Gasteiger partial charge < -0.3 is 15.4 Å². The maximum absolute atomic E-state index is 14.5. The number of fused-ring (bicyclic) bond motifs is 1.